The number of hydrazine groups is 1. The van der Waals surface area contributed by atoms with E-state index >= 15 is 0 Å². The maximum Gasteiger partial charge on any atom is 0.302 e. The van der Waals surface area contributed by atoms with Gasteiger partial charge in [0.15, 0.2) is 0 Å². The Kier molecular flexibility index (Phi) is 4.79. The Morgan fingerprint density at radius 1 is 1.20 bits per heavy atom. The fourth-order valence-electron chi connectivity index (χ4n) is 3.99. The van der Waals surface area contributed by atoms with E-state index in [1.807, 2.05) is 16.8 Å². The molecule has 3 aromatic rings. The van der Waals surface area contributed by atoms with Crippen LogP contribution in [0.4, 0.5) is 16.4 Å². The fourth-order valence-corrected chi connectivity index (χ4v) is 4.71. The second kappa shape index (κ2) is 7.48. The summed E-state index contributed by atoms with van der Waals surface area (Å²) in [5, 5.41) is 4.91. The normalized spacial score (nSPS) is 16.5. The zero-order chi connectivity index (χ0) is 20.8. The lowest BCUT2D eigenvalue weighted by Gasteiger charge is -2.28. The molecule has 0 aliphatic carbocycles. The summed E-state index contributed by atoms with van der Waals surface area (Å²) in [5.74, 6) is 1.09. The van der Waals surface area contributed by atoms with Gasteiger partial charge in [-0.1, -0.05) is 19.9 Å². The number of aryl methyl sites for hydroxylation is 1. The quantitative estimate of drug-likeness (QED) is 0.661. The maximum atomic E-state index is 11.8. The second-order valence-corrected chi connectivity index (χ2v) is 8.88. The fraction of sp³-hybridized carbons (Fsp3) is 0.381. The smallest absolute Gasteiger partial charge is 0.302 e. The highest BCUT2D eigenvalue weighted by molar-refractivity contribution is 8.13. The number of amides is 1. The molecule has 0 radical (unpaired) electrons. The van der Waals surface area contributed by atoms with Crippen molar-refractivity contribution < 1.29 is 9.53 Å². The molecule has 2 aliphatic rings. The number of benzene rings is 1. The van der Waals surface area contributed by atoms with E-state index in [1.54, 1.807) is 0 Å². The van der Waals surface area contributed by atoms with Crippen LogP contribution in [0.15, 0.2) is 29.3 Å². The molecular formula is C21H24N6O2S. The minimum Gasteiger partial charge on any atom is -0.378 e. The summed E-state index contributed by atoms with van der Waals surface area (Å²) in [4.78, 5) is 19.7. The first-order valence-corrected chi connectivity index (χ1v) is 10.9. The maximum absolute atomic E-state index is 11.8. The molecular weight excluding hydrogens is 400 g/mol. The molecule has 2 N–H and O–H groups in total. The van der Waals surface area contributed by atoms with E-state index in [4.69, 9.17) is 14.8 Å². The van der Waals surface area contributed by atoms with Gasteiger partial charge in [-0.2, -0.15) is 9.61 Å². The van der Waals surface area contributed by atoms with Crippen molar-refractivity contribution in [2.24, 2.45) is 0 Å². The Hall–Kier alpha value is -2.78. The lowest BCUT2D eigenvalue weighted by molar-refractivity contribution is 0.122. The number of fused-ring (bicyclic) bond motifs is 2. The summed E-state index contributed by atoms with van der Waals surface area (Å²) < 4.78 is 7.50. The lowest BCUT2D eigenvalue weighted by atomic mass is 9.97. The Labute approximate surface area is 179 Å². The molecule has 8 nitrogen and oxygen atoms in total. The highest BCUT2D eigenvalue weighted by atomic mass is 32.2. The number of hydrogen-bond donors (Lipinski definition) is 2. The number of carbonyl (C=O) groups excluding carboxylic acids is 1. The number of thioether (sulfide) groups is 1. The van der Waals surface area contributed by atoms with Gasteiger partial charge in [0.05, 0.1) is 30.1 Å². The third kappa shape index (κ3) is 3.18. The van der Waals surface area contributed by atoms with Gasteiger partial charge in [0.1, 0.15) is 0 Å². The molecule has 0 unspecified atom stereocenters. The number of nitrogens with one attached hydrogen (secondary N) is 2. The van der Waals surface area contributed by atoms with E-state index in [-0.39, 0.29) is 11.2 Å². The average Bonchev–Trinajstić information content (AvgIpc) is 3.16. The Balaban J connectivity index is 1.72. The largest absolute Gasteiger partial charge is 0.378 e. The first-order valence-electron chi connectivity index (χ1n) is 10.1. The van der Waals surface area contributed by atoms with E-state index < -0.39 is 0 Å². The standard InChI is InChI=1S/C21H24N6O2S/c1-12(2)18-17(14-4-5-15-16(10-14)30-21(28)24-23-15)19-13(3)11-22-20(27(19)25-18)26-6-8-29-9-7-26/h4-5,10-12,23H,6-9H2,1-3H3,(H,24,28). The molecule has 1 fully saturated rings. The number of morpholine rings is 1. The van der Waals surface area contributed by atoms with Crippen molar-refractivity contribution in [1.29, 1.82) is 0 Å². The van der Waals surface area contributed by atoms with Gasteiger partial charge in [-0.3, -0.25) is 15.6 Å². The molecule has 0 bridgehead atoms. The number of hydrogen-bond acceptors (Lipinski definition) is 7. The number of carbonyl (C=O) groups is 1. The molecule has 2 aliphatic heterocycles. The van der Waals surface area contributed by atoms with Crippen LogP contribution < -0.4 is 15.8 Å². The molecule has 30 heavy (non-hydrogen) atoms. The minimum absolute atomic E-state index is 0.112. The van der Waals surface area contributed by atoms with Crippen molar-refractivity contribution in [1.82, 2.24) is 20.0 Å². The van der Waals surface area contributed by atoms with Crippen LogP contribution in [0.2, 0.25) is 0 Å². The van der Waals surface area contributed by atoms with Crippen molar-refractivity contribution in [3.8, 4) is 11.1 Å². The third-order valence-electron chi connectivity index (χ3n) is 5.46. The van der Waals surface area contributed by atoms with Gasteiger partial charge in [0, 0.05) is 29.7 Å². The predicted molar refractivity (Wildman–Crippen MR) is 118 cm³/mol. The molecule has 0 saturated carbocycles. The van der Waals surface area contributed by atoms with Crippen LogP contribution in [0.25, 0.3) is 16.6 Å². The molecule has 1 amide bonds. The zero-order valence-corrected chi connectivity index (χ0v) is 18.0. The summed E-state index contributed by atoms with van der Waals surface area (Å²) in [6.45, 7) is 9.37. The van der Waals surface area contributed by atoms with Gasteiger partial charge in [-0.25, -0.2) is 4.98 Å². The van der Waals surface area contributed by atoms with Gasteiger partial charge in [0.25, 0.3) is 0 Å². The van der Waals surface area contributed by atoms with Crippen molar-refractivity contribution in [2.45, 2.75) is 31.6 Å². The van der Waals surface area contributed by atoms with Crippen LogP contribution in [0.5, 0.6) is 0 Å². The number of ether oxygens (including phenoxy) is 1. The Morgan fingerprint density at radius 3 is 2.77 bits per heavy atom. The van der Waals surface area contributed by atoms with Crippen LogP contribution in [0, 0.1) is 6.92 Å². The molecule has 0 atom stereocenters. The summed E-state index contributed by atoms with van der Waals surface area (Å²) in [6, 6.07) is 6.16. The highest BCUT2D eigenvalue weighted by Crippen LogP contribution is 2.40. The molecule has 9 heteroatoms. The lowest BCUT2D eigenvalue weighted by Crippen LogP contribution is -2.38. The van der Waals surface area contributed by atoms with E-state index in [0.717, 1.165) is 57.5 Å². The van der Waals surface area contributed by atoms with Crippen LogP contribution in [-0.4, -0.2) is 46.1 Å². The first kappa shape index (κ1) is 19.2. The molecule has 156 valence electrons. The number of aromatic nitrogens is 3. The Bertz CT molecular complexity index is 1140. The average molecular weight is 425 g/mol. The van der Waals surface area contributed by atoms with E-state index in [1.165, 1.54) is 11.8 Å². The van der Waals surface area contributed by atoms with Crippen molar-refractivity contribution in [3.05, 3.63) is 35.7 Å². The monoisotopic (exact) mass is 424 g/mol. The summed E-state index contributed by atoms with van der Waals surface area (Å²) in [7, 11) is 0. The Morgan fingerprint density at radius 2 is 2.00 bits per heavy atom. The van der Waals surface area contributed by atoms with Gasteiger partial charge < -0.3 is 9.64 Å². The van der Waals surface area contributed by atoms with Gasteiger partial charge in [0.2, 0.25) is 5.95 Å². The SMILES string of the molecule is Cc1cnc(N2CCOCC2)n2nc(C(C)C)c(-c3ccc4c(c3)SC(=O)NN4)c12. The molecule has 2 aromatic heterocycles. The van der Waals surface area contributed by atoms with Crippen molar-refractivity contribution in [3.63, 3.8) is 0 Å². The molecule has 1 saturated heterocycles. The van der Waals surface area contributed by atoms with Crippen LogP contribution >= 0.6 is 11.8 Å². The molecule has 5 rings (SSSR count). The zero-order valence-electron chi connectivity index (χ0n) is 17.2. The number of rotatable bonds is 3. The van der Waals surface area contributed by atoms with Crippen LogP contribution in [0.1, 0.15) is 31.0 Å². The van der Waals surface area contributed by atoms with Gasteiger partial charge in [-0.15, -0.1) is 0 Å². The molecule has 0 spiro atoms. The van der Waals surface area contributed by atoms with E-state index in [0.29, 0.717) is 13.2 Å². The van der Waals surface area contributed by atoms with Crippen LogP contribution in [-0.2, 0) is 4.74 Å². The summed E-state index contributed by atoms with van der Waals surface area (Å²) >= 11 is 1.20. The third-order valence-corrected chi connectivity index (χ3v) is 6.31. The van der Waals surface area contributed by atoms with Crippen molar-refractivity contribution >= 4 is 34.2 Å². The van der Waals surface area contributed by atoms with Crippen molar-refractivity contribution in [2.75, 3.05) is 36.6 Å². The van der Waals surface area contributed by atoms with Gasteiger partial charge in [-0.05, 0) is 47.9 Å². The number of anilines is 2. The topological polar surface area (TPSA) is 83.8 Å². The second-order valence-electron chi connectivity index (χ2n) is 7.87. The molecule has 1 aromatic carbocycles. The van der Waals surface area contributed by atoms with E-state index in [2.05, 4.69) is 48.7 Å². The number of nitrogens with zero attached hydrogens (tertiary/aromatic N) is 4. The minimum atomic E-state index is -0.112. The summed E-state index contributed by atoms with van der Waals surface area (Å²) in [5.41, 5.74) is 11.8. The predicted octanol–water partition coefficient (Wildman–Crippen LogP) is 3.81. The highest BCUT2D eigenvalue weighted by Gasteiger charge is 2.25. The van der Waals surface area contributed by atoms with Gasteiger partial charge >= 0.3 is 5.24 Å². The molecule has 4 heterocycles. The summed E-state index contributed by atoms with van der Waals surface area (Å²) in [6.07, 6.45) is 1.93. The van der Waals surface area contributed by atoms with E-state index in [9.17, 15) is 4.79 Å². The first-order chi connectivity index (χ1) is 14.5. The van der Waals surface area contributed by atoms with Crippen LogP contribution in [0.3, 0.4) is 0 Å².